The molecule has 1 amide bonds. The van der Waals surface area contributed by atoms with Gasteiger partial charge in [-0.1, -0.05) is 36.4 Å². The molecule has 2 aliphatic heterocycles. The van der Waals surface area contributed by atoms with E-state index in [0.717, 1.165) is 78.1 Å². The molecule has 0 spiro atoms. The standard InChI is InChI=1S/C32H34N4O2/c1-34-14-16-35(17-15-34)13-12-24-6-8-25(9-7-24)32(37)36-18-19-38-31-11-10-26(20-29(31)23-36)28-21-27-4-2-3-5-30(27)33-22-28/h2-11,20-22H,12-19,23H2,1H3. The average molecular weight is 507 g/mol. The van der Waals surface area contributed by atoms with Crippen LogP contribution in [0, 0.1) is 0 Å². The van der Waals surface area contributed by atoms with Crippen molar-refractivity contribution in [2.24, 2.45) is 0 Å². The molecule has 6 rings (SSSR count). The molecule has 0 atom stereocenters. The summed E-state index contributed by atoms with van der Waals surface area (Å²) >= 11 is 0. The molecule has 1 saturated heterocycles. The van der Waals surface area contributed by atoms with Crippen LogP contribution in [0.25, 0.3) is 22.0 Å². The number of hydrogen-bond acceptors (Lipinski definition) is 5. The fourth-order valence-corrected chi connectivity index (χ4v) is 5.33. The number of carbonyl (C=O) groups excluding carboxylic acids is 1. The van der Waals surface area contributed by atoms with Crippen molar-refractivity contribution < 1.29 is 9.53 Å². The zero-order chi connectivity index (χ0) is 25.9. The van der Waals surface area contributed by atoms with Gasteiger partial charge >= 0.3 is 0 Å². The number of amides is 1. The second kappa shape index (κ2) is 10.9. The minimum Gasteiger partial charge on any atom is -0.491 e. The van der Waals surface area contributed by atoms with Crippen LogP contribution in [0.3, 0.4) is 0 Å². The molecule has 1 aromatic heterocycles. The maximum atomic E-state index is 13.5. The lowest BCUT2D eigenvalue weighted by molar-refractivity contribution is 0.0733. The number of benzene rings is 3. The van der Waals surface area contributed by atoms with Crippen molar-refractivity contribution >= 4 is 16.8 Å². The van der Waals surface area contributed by atoms with Gasteiger partial charge in [0, 0.05) is 67.5 Å². The number of aromatic nitrogens is 1. The van der Waals surface area contributed by atoms with Crippen molar-refractivity contribution in [1.29, 1.82) is 0 Å². The summed E-state index contributed by atoms with van der Waals surface area (Å²) in [5.74, 6) is 0.891. The molecular formula is C32H34N4O2. The van der Waals surface area contributed by atoms with E-state index in [1.165, 1.54) is 5.56 Å². The van der Waals surface area contributed by atoms with Crippen LogP contribution in [0.4, 0.5) is 0 Å². The molecule has 0 radical (unpaired) electrons. The number of hydrogen-bond donors (Lipinski definition) is 0. The molecule has 0 unspecified atom stereocenters. The summed E-state index contributed by atoms with van der Waals surface area (Å²) in [6, 6.07) is 24.7. The third-order valence-electron chi connectivity index (χ3n) is 7.76. The number of piperazine rings is 1. The van der Waals surface area contributed by atoms with E-state index in [1.807, 2.05) is 47.5 Å². The number of nitrogens with zero attached hydrogens (tertiary/aromatic N) is 4. The molecule has 0 saturated carbocycles. The minimum absolute atomic E-state index is 0.0462. The summed E-state index contributed by atoms with van der Waals surface area (Å²) in [5, 5.41) is 1.11. The van der Waals surface area contributed by atoms with Crippen molar-refractivity contribution in [2.75, 3.05) is 52.9 Å². The maximum Gasteiger partial charge on any atom is 0.254 e. The molecule has 3 heterocycles. The number of pyridine rings is 1. The molecule has 0 bridgehead atoms. The number of likely N-dealkylation sites (N-methyl/N-ethyl adjacent to an activating group) is 1. The van der Waals surface area contributed by atoms with Crippen LogP contribution in [0.5, 0.6) is 5.75 Å². The van der Waals surface area contributed by atoms with E-state index in [2.05, 4.69) is 58.2 Å². The molecule has 4 aromatic rings. The molecule has 2 aliphatic rings. The third-order valence-corrected chi connectivity index (χ3v) is 7.76. The monoisotopic (exact) mass is 506 g/mol. The van der Waals surface area contributed by atoms with E-state index in [1.54, 1.807) is 0 Å². The molecule has 38 heavy (non-hydrogen) atoms. The van der Waals surface area contributed by atoms with E-state index in [4.69, 9.17) is 4.74 Å². The van der Waals surface area contributed by atoms with Crippen molar-refractivity contribution in [3.8, 4) is 16.9 Å². The number of para-hydroxylation sites is 1. The first-order valence-electron chi connectivity index (χ1n) is 13.5. The number of fused-ring (bicyclic) bond motifs is 2. The lowest BCUT2D eigenvalue weighted by Crippen LogP contribution is -2.45. The number of carbonyl (C=O) groups is 1. The largest absolute Gasteiger partial charge is 0.491 e. The first-order chi connectivity index (χ1) is 18.6. The smallest absolute Gasteiger partial charge is 0.254 e. The third kappa shape index (κ3) is 5.42. The van der Waals surface area contributed by atoms with Crippen LogP contribution in [0.1, 0.15) is 21.5 Å². The SMILES string of the molecule is CN1CCN(CCc2ccc(C(=O)N3CCOc4ccc(-c5cnc6ccccc6c5)cc4C3)cc2)CC1. The van der Waals surface area contributed by atoms with E-state index in [-0.39, 0.29) is 5.91 Å². The summed E-state index contributed by atoms with van der Waals surface area (Å²) in [6.45, 7) is 7.16. The Balaban J connectivity index is 1.14. The number of ether oxygens (including phenoxy) is 1. The Morgan fingerprint density at radius 2 is 1.71 bits per heavy atom. The molecule has 6 heteroatoms. The highest BCUT2D eigenvalue weighted by Gasteiger charge is 2.22. The summed E-state index contributed by atoms with van der Waals surface area (Å²) in [5.41, 5.74) is 6.14. The summed E-state index contributed by atoms with van der Waals surface area (Å²) in [7, 11) is 2.18. The second-order valence-corrected chi connectivity index (χ2v) is 10.4. The van der Waals surface area contributed by atoms with Crippen LogP contribution in [-0.2, 0) is 13.0 Å². The zero-order valence-corrected chi connectivity index (χ0v) is 22.0. The summed E-state index contributed by atoms with van der Waals surface area (Å²) in [4.78, 5) is 24.9. The van der Waals surface area contributed by atoms with E-state index >= 15 is 0 Å². The molecule has 194 valence electrons. The molecular weight excluding hydrogens is 472 g/mol. The first-order valence-corrected chi connectivity index (χ1v) is 13.5. The summed E-state index contributed by atoms with van der Waals surface area (Å²) < 4.78 is 6.02. The Bertz CT molecular complexity index is 1430. The van der Waals surface area contributed by atoms with Gasteiger partial charge in [-0.05, 0) is 61.0 Å². The van der Waals surface area contributed by atoms with Gasteiger partial charge in [0.15, 0.2) is 0 Å². The number of rotatable bonds is 5. The van der Waals surface area contributed by atoms with Gasteiger partial charge < -0.3 is 19.4 Å². The quantitative estimate of drug-likeness (QED) is 0.392. The van der Waals surface area contributed by atoms with Gasteiger partial charge in [0.05, 0.1) is 12.1 Å². The molecule has 6 nitrogen and oxygen atoms in total. The fraction of sp³-hybridized carbons (Fsp3) is 0.312. The Morgan fingerprint density at radius 3 is 2.55 bits per heavy atom. The Morgan fingerprint density at radius 1 is 0.895 bits per heavy atom. The van der Waals surface area contributed by atoms with Gasteiger partial charge in [-0.3, -0.25) is 9.78 Å². The van der Waals surface area contributed by atoms with Crippen molar-refractivity contribution in [3.63, 3.8) is 0 Å². The van der Waals surface area contributed by atoms with Crippen LogP contribution < -0.4 is 4.74 Å². The van der Waals surface area contributed by atoms with Crippen molar-refractivity contribution in [2.45, 2.75) is 13.0 Å². The molecule has 0 aliphatic carbocycles. The van der Waals surface area contributed by atoms with Crippen molar-refractivity contribution in [1.82, 2.24) is 19.7 Å². The fourth-order valence-electron chi connectivity index (χ4n) is 5.33. The van der Waals surface area contributed by atoms with Gasteiger partial charge in [-0.2, -0.15) is 0 Å². The average Bonchev–Trinajstić information content (AvgIpc) is 3.18. The lowest BCUT2D eigenvalue weighted by atomic mass is 10.0. The molecule has 3 aromatic carbocycles. The van der Waals surface area contributed by atoms with Crippen LogP contribution in [0.2, 0.25) is 0 Å². The Labute approximate surface area is 224 Å². The highest BCUT2D eigenvalue weighted by Crippen LogP contribution is 2.30. The van der Waals surface area contributed by atoms with Gasteiger partial charge in [-0.15, -0.1) is 0 Å². The van der Waals surface area contributed by atoms with E-state index in [0.29, 0.717) is 19.7 Å². The van der Waals surface area contributed by atoms with Crippen molar-refractivity contribution in [3.05, 3.63) is 95.7 Å². The predicted octanol–water partition coefficient (Wildman–Crippen LogP) is 4.73. The van der Waals surface area contributed by atoms with E-state index < -0.39 is 0 Å². The Hall–Kier alpha value is -3.74. The van der Waals surface area contributed by atoms with Gasteiger partial charge in [0.25, 0.3) is 5.91 Å². The topological polar surface area (TPSA) is 48.9 Å². The van der Waals surface area contributed by atoms with Crippen LogP contribution in [0.15, 0.2) is 79.0 Å². The highest BCUT2D eigenvalue weighted by molar-refractivity contribution is 5.94. The second-order valence-electron chi connectivity index (χ2n) is 10.4. The van der Waals surface area contributed by atoms with Gasteiger partial charge in [0.2, 0.25) is 0 Å². The normalized spacial score (nSPS) is 16.6. The van der Waals surface area contributed by atoms with Gasteiger partial charge in [-0.25, -0.2) is 0 Å². The molecule has 1 fully saturated rings. The Kier molecular flexibility index (Phi) is 7.08. The first kappa shape index (κ1) is 24.6. The lowest BCUT2D eigenvalue weighted by Gasteiger charge is -2.32. The highest BCUT2D eigenvalue weighted by atomic mass is 16.5. The van der Waals surface area contributed by atoms with Gasteiger partial charge in [0.1, 0.15) is 12.4 Å². The van der Waals surface area contributed by atoms with E-state index in [9.17, 15) is 4.79 Å². The predicted molar refractivity (Wildman–Crippen MR) is 151 cm³/mol. The van der Waals surface area contributed by atoms with Crippen LogP contribution >= 0.6 is 0 Å². The molecule has 0 N–H and O–H groups in total. The van der Waals surface area contributed by atoms with Crippen LogP contribution in [-0.4, -0.2) is 78.5 Å². The maximum absolute atomic E-state index is 13.5. The zero-order valence-electron chi connectivity index (χ0n) is 22.0. The summed E-state index contributed by atoms with van der Waals surface area (Å²) in [6.07, 6.45) is 2.92. The minimum atomic E-state index is 0.0462.